The highest BCUT2D eigenvalue weighted by molar-refractivity contribution is 5.27. The monoisotopic (exact) mass is 276 g/mol. The lowest BCUT2D eigenvalue weighted by Crippen LogP contribution is -2.45. The molecule has 0 spiro atoms. The predicted octanol–water partition coefficient (Wildman–Crippen LogP) is 3.43. The molecule has 0 saturated heterocycles. The second kappa shape index (κ2) is 4.58. The zero-order valence-corrected chi connectivity index (χ0v) is 12.6. The van der Waals surface area contributed by atoms with E-state index in [4.69, 9.17) is 0 Å². The third kappa shape index (κ3) is 1.77. The molecule has 6 atom stereocenters. The Hall–Kier alpha value is -0.340. The van der Waals surface area contributed by atoms with E-state index in [2.05, 4.69) is 6.92 Å². The van der Waals surface area contributed by atoms with Gasteiger partial charge in [-0.25, -0.2) is 0 Å². The van der Waals surface area contributed by atoms with Crippen molar-refractivity contribution >= 4 is 0 Å². The normalized spacial score (nSPS) is 51.5. The molecule has 4 aliphatic carbocycles. The summed E-state index contributed by atoms with van der Waals surface area (Å²) in [5.74, 6) is 2.35. The summed E-state index contributed by atoms with van der Waals surface area (Å²) in [6, 6.07) is 0. The molecule has 2 saturated carbocycles. The van der Waals surface area contributed by atoms with Gasteiger partial charge < -0.3 is 10.2 Å². The molecule has 0 unspecified atom stereocenters. The fourth-order valence-corrected chi connectivity index (χ4v) is 6.16. The van der Waals surface area contributed by atoms with Crippen molar-refractivity contribution in [1.29, 1.82) is 0 Å². The molecule has 0 aromatic carbocycles. The standard InChI is InChI=1S/C18H28O2/c1-18-9-8-14-13-5-3-12(19)10-11(13)2-4-15(14)16(18)6-7-17(18)20/h12,14-17,19-20H,2-10H2,1H3/t12-,14+,15+,16-,17-,18-/m0/s1. The molecule has 0 aromatic heterocycles. The summed E-state index contributed by atoms with van der Waals surface area (Å²) in [4.78, 5) is 0. The second-order valence-electron chi connectivity index (χ2n) is 8.08. The molecule has 20 heavy (non-hydrogen) atoms. The molecule has 2 N–H and O–H groups in total. The third-order valence-electron chi connectivity index (χ3n) is 7.30. The van der Waals surface area contributed by atoms with Crippen molar-refractivity contribution < 1.29 is 10.2 Å². The minimum Gasteiger partial charge on any atom is -0.393 e. The van der Waals surface area contributed by atoms with Gasteiger partial charge in [-0.2, -0.15) is 0 Å². The number of allylic oxidation sites excluding steroid dienone is 1. The number of aliphatic hydroxyl groups is 2. The highest BCUT2D eigenvalue weighted by atomic mass is 16.3. The number of fused-ring (bicyclic) bond motifs is 4. The smallest absolute Gasteiger partial charge is 0.0596 e. The molecule has 0 heterocycles. The predicted molar refractivity (Wildman–Crippen MR) is 79.2 cm³/mol. The third-order valence-corrected chi connectivity index (χ3v) is 7.30. The van der Waals surface area contributed by atoms with Gasteiger partial charge in [0.1, 0.15) is 0 Å². The maximum absolute atomic E-state index is 10.4. The minimum absolute atomic E-state index is 0.0583. The maximum Gasteiger partial charge on any atom is 0.0596 e. The topological polar surface area (TPSA) is 40.5 Å². The minimum atomic E-state index is -0.0764. The van der Waals surface area contributed by atoms with Crippen LogP contribution in [0, 0.1) is 23.2 Å². The summed E-state index contributed by atoms with van der Waals surface area (Å²) in [5.41, 5.74) is 3.54. The number of aliphatic hydroxyl groups excluding tert-OH is 2. The summed E-state index contributed by atoms with van der Waals surface area (Å²) in [5, 5.41) is 20.3. The average Bonchev–Trinajstić information content (AvgIpc) is 2.74. The summed E-state index contributed by atoms with van der Waals surface area (Å²) in [6.07, 6.45) is 10.2. The van der Waals surface area contributed by atoms with Crippen molar-refractivity contribution in [3.05, 3.63) is 11.1 Å². The molecule has 2 nitrogen and oxygen atoms in total. The molecule has 4 aliphatic rings. The van der Waals surface area contributed by atoms with Crippen LogP contribution in [0.1, 0.15) is 64.7 Å². The van der Waals surface area contributed by atoms with E-state index in [1.807, 2.05) is 0 Å². The zero-order chi connectivity index (χ0) is 13.9. The van der Waals surface area contributed by atoms with E-state index in [1.165, 1.54) is 32.1 Å². The van der Waals surface area contributed by atoms with Gasteiger partial charge in [0.25, 0.3) is 0 Å². The molecular formula is C18H28O2. The van der Waals surface area contributed by atoms with Gasteiger partial charge in [-0.05, 0) is 81.0 Å². The average molecular weight is 276 g/mol. The van der Waals surface area contributed by atoms with E-state index < -0.39 is 0 Å². The Morgan fingerprint density at radius 1 is 1.00 bits per heavy atom. The van der Waals surface area contributed by atoms with E-state index in [0.717, 1.165) is 43.4 Å². The fraction of sp³-hybridized carbons (Fsp3) is 0.889. The van der Waals surface area contributed by atoms with Crippen LogP contribution < -0.4 is 0 Å². The van der Waals surface area contributed by atoms with Gasteiger partial charge in [-0.15, -0.1) is 0 Å². The first-order chi connectivity index (χ1) is 9.59. The molecule has 2 heteroatoms. The van der Waals surface area contributed by atoms with E-state index in [1.54, 1.807) is 11.1 Å². The first kappa shape index (κ1) is 13.3. The summed E-state index contributed by atoms with van der Waals surface area (Å²) in [7, 11) is 0. The molecule has 112 valence electrons. The van der Waals surface area contributed by atoms with Crippen LogP contribution >= 0.6 is 0 Å². The van der Waals surface area contributed by atoms with Gasteiger partial charge in [-0.3, -0.25) is 0 Å². The summed E-state index contributed by atoms with van der Waals surface area (Å²) >= 11 is 0. The van der Waals surface area contributed by atoms with Crippen LogP contribution in [0.25, 0.3) is 0 Å². The Morgan fingerprint density at radius 2 is 1.85 bits per heavy atom. The van der Waals surface area contributed by atoms with E-state index >= 15 is 0 Å². The second-order valence-corrected chi connectivity index (χ2v) is 8.08. The number of hydrogen-bond acceptors (Lipinski definition) is 2. The van der Waals surface area contributed by atoms with Crippen molar-refractivity contribution in [2.75, 3.05) is 0 Å². The lowest BCUT2D eigenvalue weighted by atomic mass is 9.54. The fourth-order valence-electron chi connectivity index (χ4n) is 6.16. The first-order valence-corrected chi connectivity index (χ1v) is 8.66. The largest absolute Gasteiger partial charge is 0.393 e. The Morgan fingerprint density at radius 3 is 2.70 bits per heavy atom. The van der Waals surface area contributed by atoms with Gasteiger partial charge in [0, 0.05) is 0 Å². The highest BCUT2D eigenvalue weighted by Crippen LogP contribution is 2.61. The van der Waals surface area contributed by atoms with Crippen LogP contribution in [-0.2, 0) is 0 Å². The lowest BCUT2D eigenvalue weighted by molar-refractivity contribution is -0.0326. The zero-order valence-electron chi connectivity index (χ0n) is 12.6. The van der Waals surface area contributed by atoms with E-state index in [9.17, 15) is 10.2 Å². The molecule has 0 radical (unpaired) electrons. The molecule has 0 aromatic rings. The molecule has 2 fully saturated rings. The van der Waals surface area contributed by atoms with E-state index in [0.29, 0.717) is 0 Å². The van der Waals surface area contributed by atoms with Gasteiger partial charge in [0.15, 0.2) is 0 Å². The van der Waals surface area contributed by atoms with Gasteiger partial charge in [0.05, 0.1) is 12.2 Å². The Balaban J connectivity index is 1.64. The van der Waals surface area contributed by atoms with Crippen LogP contribution in [0.2, 0.25) is 0 Å². The summed E-state index contributed by atoms with van der Waals surface area (Å²) < 4.78 is 0. The first-order valence-electron chi connectivity index (χ1n) is 8.66. The van der Waals surface area contributed by atoms with Crippen LogP contribution in [0.15, 0.2) is 11.1 Å². The van der Waals surface area contributed by atoms with Crippen molar-refractivity contribution in [2.45, 2.75) is 76.9 Å². The highest BCUT2D eigenvalue weighted by Gasteiger charge is 2.54. The van der Waals surface area contributed by atoms with Crippen LogP contribution in [0.5, 0.6) is 0 Å². The Kier molecular flexibility index (Phi) is 3.05. The van der Waals surface area contributed by atoms with Crippen molar-refractivity contribution in [3.63, 3.8) is 0 Å². The van der Waals surface area contributed by atoms with Crippen molar-refractivity contribution in [3.8, 4) is 0 Å². The van der Waals surface area contributed by atoms with Crippen molar-refractivity contribution in [1.82, 2.24) is 0 Å². The Bertz CT molecular complexity index is 441. The lowest BCUT2D eigenvalue weighted by Gasteiger charge is -2.51. The van der Waals surface area contributed by atoms with Crippen LogP contribution in [0.4, 0.5) is 0 Å². The molecule has 0 aliphatic heterocycles. The quantitative estimate of drug-likeness (QED) is 0.666. The van der Waals surface area contributed by atoms with Crippen molar-refractivity contribution in [2.24, 2.45) is 23.2 Å². The van der Waals surface area contributed by atoms with Gasteiger partial charge in [-0.1, -0.05) is 18.1 Å². The van der Waals surface area contributed by atoms with Crippen LogP contribution in [0.3, 0.4) is 0 Å². The maximum atomic E-state index is 10.4. The number of rotatable bonds is 0. The Labute approximate surface area is 122 Å². The molecular weight excluding hydrogens is 248 g/mol. The SMILES string of the molecule is C[C@]12CC[C@@H]3C4=C(CC[C@H]3[C@@H]1CC[C@@H]2O)C[C@@H](O)CC4. The van der Waals surface area contributed by atoms with E-state index in [-0.39, 0.29) is 17.6 Å². The summed E-state index contributed by atoms with van der Waals surface area (Å²) in [6.45, 7) is 2.35. The van der Waals surface area contributed by atoms with Crippen LogP contribution in [-0.4, -0.2) is 22.4 Å². The van der Waals surface area contributed by atoms with Gasteiger partial charge in [0.2, 0.25) is 0 Å². The molecule has 0 amide bonds. The molecule has 0 bridgehead atoms. The molecule has 4 rings (SSSR count). The number of hydrogen-bond donors (Lipinski definition) is 2. The van der Waals surface area contributed by atoms with Gasteiger partial charge >= 0.3 is 0 Å².